The van der Waals surface area contributed by atoms with E-state index in [1.54, 1.807) is 36.5 Å². The molecule has 140 valence electrons. The Bertz CT molecular complexity index is 811. The molecular weight excluding hydrogens is 374 g/mol. The van der Waals surface area contributed by atoms with Crippen molar-refractivity contribution in [3.05, 3.63) is 64.9 Å². The molecule has 1 amide bonds. The van der Waals surface area contributed by atoms with Crippen LogP contribution in [-0.2, 0) is 27.8 Å². The van der Waals surface area contributed by atoms with Gasteiger partial charge in [-0.05, 0) is 36.2 Å². The van der Waals surface area contributed by atoms with E-state index in [0.717, 1.165) is 11.8 Å². The monoisotopic (exact) mass is 395 g/mol. The number of hydrogen-bond donors (Lipinski definition) is 1. The maximum atomic E-state index is 12.0. The summed E-state index contributed by atoms with van der Waals surface area (Å²) in [7, 11) is -3.43. The van der Waals surface area contributed by atoms with E-state index in [1.807, 2.05) is 12.1 Å². The van der Waals surface area contributed by atoms with E-state index in [2.05, 4.69) is 10.3 Å². The second-order valence-corrected chi connectivity index (χ2v) is 8.31. The number of rotatable bonds is 9. The number of amides is 1. The SMILES string of the molecule is CS(=O)(=O)N(CCC(=O)NCCc1ccc(Cl)cc1)Cc1ccccn1. The maximum absolute atomic E-state index is 12.0. The highest BCUT2D eigenvalue weighted by atomic mass is 35.5. The van der Waals surface area contributed by atoms with Crippen LogP contribution >= 0.6 is 11.6 Å². The lowest BCUT2D eigenvalue weighted by molar-refractivity contribution is -0.121. The first-order valence-electron chi connectivity index (χ1n) is 8.21. The summed E-state index contributed by atoms with van der Waals surface area (Å²) in [6.07, 6.45) is 3.53. The molecule has 1 N–H and O–H groups in total. The highest BCUT2D eigenvalue weighted by molar-refractivity contribution is 7.88. The number of pyridine rings is 1. The van der Waals surface area contributed by atoms with Gasteiger partial charge in [-0.25, -0.2) is 8.42 Å². The minimum absolute atomic E-state index is 0.0977. The van der Waals surface area contributed by atoms with E-state index in [-0.39, 0.29) is 25.4 Å². The molecule has 0 fully saturated rings. The average molecular weight is 396 g/mol. The third-order valence-electron chi connectivity index (χ3n) is 3.77. The van der Waals surface area contributed by atoms with Crippen molar-refractivity contribution in [3.8, 4) is 0 Å². The first kappa shape index (κ1) is 20.4. The zero-order chi connectivity index (χ0) is 19.0. The molecule has 0 radical (unpaired) electrons. The van der Waals surface area contributed by atoms with Gasteiger partial charge in [-0.15, -0.1) is 0 Å². The lowest BCUT2D eigenvalue weighted by Gasteiger charge is -2.19. The van der Waals surface area contributed by atoms with E-state index in [9.17, 15) is 13.2 Å². The molecule has 1 aromatic heterocycles. The molecule has 0 aliphatic carbocycles. The molecule has 26 heavy (non-hydrogen) atoms. The molecule has 6 nitrogen and oxygen atoms in total. The van der Waals surface area contributed by atoms with E-state index >= 15 is 0 Å². The van der Waals surface area contributed by atoms with Gasteiger partial charge in [0.25, 0.3) is 0 Å². The van der Waals surface area contributed by atoms with Crippen LogP contribution in [-0.4, -0.2) is 43.0 Å². The van der Waals surface area contributed by atoms with E-state index in [1.165, 1.54) is 4.31 Å². The van der Waals surface area contributed by atoms with E-state index in [0.29, 0.717) is 23.7 Å². The topological polar surface area (TPSA) is 79.4 Å². The number of sulfonamides is 1. The number of nitrogens with one attached hydrogen (secondary N) is 1. The van der Waals surface area contributed by atoms with Gasteiger partial charge < -0.3 is 5.32 Å². The summed E-state index contributed by atoms with van der Waals surface area (Å²) in [5.74, 6) is -0.186. The predicted octanol–water partition coefficient (Wildman–Crippen LogP) is 2.25. The fraction of sp³-hybridized carbons (Fsp3) is 0.333. The maximum Gasteiger partial charge on any atom is 0.221 e. The number of carbonyl (C=O) groups is 1. The minimum atomic E-state index is -3.43. The van der Waals surface area contributed by atoms with Gasteiger partial charge in [0.1, 0.15) is 0 Å². The van der Waals surface area contributed by atoms with Gasteiger partial charge in [-0.3, -0.25) is 9.78 Å². The zero-order valence-corrected chi connectivity index (χ0v) is 16.1. The van der Waals surface area contributed by atoms with E-state index in [4.69, 9.17) is 11.6 Å². The molecule has 0 spiro atoms. The van der Waals surface area contributed by atoms with Crippen molar-refractivity contribution in [1.29, 1.82) is 0 Å². The smallest absolute Gasteiger partial charge is 0.221 e. The fourth-order valence-corrected chi connectivity index (χ4v) is 3.26. The number of halogens is 1. The van der Waals surface area contributed by atoms with Gasteiger partial charge in [0.05, 0.1) is 18.5 Å². The number of hydrogen-bond acceptors (Lipinski definition) is 4. The Kier molecular flexibility index (Phi) is 7.56. The van der Waals surface area contributed by atoms with E-state index < -0.39 is 10.0 Å². The summed E-state index contributed by atoms with van der Waals surface area (Å²) in [5.41, 5.74) is 1.71. The molecule has 8 heteroatoms. The third kappa shape index (κ3) is 7.11. The Balaban J connectivity index is 1.80. The fourth-order valence-electron chi connectivity index (χ4n) is 2.35. The van der Waals surface area contributed by atoms with Gasteiger partial charge in [0, 0.05) is 30.7 Å². The van der Waals surface area contributed by atoms with Crippen LogP contribution in [0.1, 0.15) is 17.7 Å². The standard InChI is InChI=1S/C18H22ClN3O3S/c1-26(24,25)22(14-17-4-2-3-11-20-17)13-10-18(23)21-12-9-15-5-7-16(19)8-6-15/h2-8,11H,9-10,12-14H2,1H3,(H,21,23). The van der Waals surface area contributed by atoms with Crippen LogP contribution in [0.3, 0.4) is 0 Å². The quantitative estimate of drug-likeness (QED) is 0.706. The lowest BCUT2D eigenvalue weighted by Crippen LogP contribution is -2.35. The normalized spacial score (nSPS) is 11.5. The summed E-state index contributed by atoms with van der Waals surface area (Å²) < 4.78 is 25.1. The van der Waals surface area contributed by atoms with Gasteiger partial charge >= 0.3 is 0 Å². The highest BCUT2D eigenvalue weighted by Crippen LogP contribution is 2.10. The minimum Gasteiger partial charge on any atom is -0.356 e. The molecule has 2 aromatic rings. The molecule has 0 atom stereocenters. The van der Waals surface area contributed by atoms with Crippen molar-refractivity contribution in [2.45, 2.75) is 19.4 Å². The Morgan fingerprint density at radius 1 is 1.19 bits per heavy atom. The van der Waals surface area contributed by atoms with Crippen LogP contribution in [0, 0.1) is 0 Å². The van der Waals surface area contributed by atoms with Gasteiger partial charge in [0.2, 0.25) is 15.9 Å². The number of nitrogens with zero attached hydrogens (tertiary/aromatic N) is 2. The molecule has 0 aliphatic rings. The molecule has 0 unspecified atom stereocenters. The van der Waals surface area contributed by atoms with Gasteiger partial charge in [0.15, 0.2) is 0 Å². The van der Waals surface area contributed by atoms with Crippen LogP contribution in [0.15, 0.2) is 48.7 Å². The van der Waals surface area contributed by atoms with Crippen LogP contribution in [0.25, 0.3) is 0 Å². The second-order valence-electron chi connectivity index (χ2n) is 5.89. The van der Waals surface area contributed by atoms with Gasteiger partial charge in [-0.2, -0.15) is 4.31 Å². The molecule has 0 bridgehead atoms. The van der Waals surface area contributed by atoms with Crippen molar-refractivity contribution in [2.75, 3.05) is 19.3 Å². The van der Waals surface area contributed by atoms with Crippen molar-refractivity contribution in [2.24, 2.45) is 0 Å². The lowest BCUT2D eigenvalue weighted by atomic mass is 10.1. The molecule has 0 saturated heterocycles. The molecule has 0 aliphatic heterocycles. The summed E-state index contributed by atoms with van der Waals surface area (Å²) in [6, 6.07) is 12.7. The Morgan fingerprint density at radius 2 is 1.92 bits per heavy atom. The summed E-state index contributed by atoms with van der Waals surface area (Å²) in [6.45, 7) is 0.749. The Hall–Kier alpha value is -1.96. The third-order valence-corrected chi connectivity index (χ3v) is 5.27. The highest BCUT2D eigenvalue weighted by Gasteiger charge is 2.18. The van der Waals surface area contributed by atoms with Crippen LogP contribution in [0.4, 0.5) is 0 Å². The molecule has 2 rings (SSSR count). The van der Waals surface area contributed by atoms with Crippen LogP contribution in [0.2, 0.25) is 5.02 Å². The first-order chi connectivity index (χ1) is 12.3. The largest absolute Gasteiger partial charge is 0.356 e. The number of benzene rings is 1. The number of carbonyl (C=O) groups excluding carboxylic acids is 1. The molecular formula is C18H22ClN3O3S. The molecule has 1 heterocycles. The number of aromatic nitrogens is 1. The Morgan fingerprint density at radius 3 is 2.54 bits per heavy atom. The van der Waals surface area contributed by atoms with Crippen LogP contribution in [0.5, 0.6) is 0 Å². The Labute approximate surface area is 159 Å². The van der Waals surface area contributed by atoms with Crippen molar-refractivity contribution in [1.82, 2.24) is 14.6 Å². The predicted molar refractivity (Wildman–Crippen MR) is 102 cm³/mol. The van der Waals surface area contributed by atoms with Crippen molar-refractivity contribution < 1.29 is 13.2 Å². The first-order valence-corrected chi connectivity index (χ1v) is 10.4. The summed E-state index contributed by atoms with van der Waals surface area (Å²) in [5, 5.41) is 3.48. The molecule has 0 saturated carbocycles. The van der Waals surface area contributed by atoms with Crippen molar-refractivity contribution >= 4 is 27.5 Å². The summed E-state index contributed by atoms with van der Waals surface area (Å²) in [4.78, 5) is 16.1. The summed E-state index contributed by atoms with van der Waals surface area (Å²) >= 11 is 5.83. The average Bonchev–Trinajstić information content (AvgIpc) is 2.60. The molecule has 1 aromatic carbocycles. The van der Waals surface area contributed by atoms with Gasteiger partial charge in [-0.1, -0.05) is 29.8 Å². The zero-order valence-electron chi connectivity index (χ0n) is 14.6. The second kappa shape index (κ2) is 9.66. The van der Waals surface area contributed by atoms with Crippen LogP contribution < -0.4 is 5.32 Å². The van der Waals surface area contributed by atoms with Crippen molar-refractivity contribution in [3.63, 3.8) is 0 Å².